The Morgan fingerprint density at radius 3 is 2.27 bits per heavy atom. The lowest BCUT2D eigenvalue weighted by Crippen LogP contribution is -2.32. The molecule has 0 unspecified atom stereocenters. The number of ether oxygens (including phenoxy) is 1. The summed E-state index contributed by atoms with van der Waals surface area (Å²) in [5.41, 5.74) is 0.130. The van der Waals surface area contributed by atoms with Gasteiger partial charge < -0.3 is 4.74 Å². The van der Waals surface area contributed by atoms with E-state index in [4.69, 9.17) is 4.74 Å². The average molecular weight is 156 g/mol. The Morgan fingerprint density at radius 1 is 1.27 bits per heavy atom. The van der Waals surface area contributed by atoms with Crippen molar-refractivity contribution in [3.63, 3.8) is 0 Å². The Morgan fingerprint density at radius 2 is 1.82 bits per heavy atom. The molecule has 11 heavy (non-hydrogen) atoms. The molecule has 0 saturated heterocycles. The molecule has 1 rings (SSSR count). The zero-order valence-electron chi connectivity index (χ0n) is 8.02. The van der Waals surface area contributed by atoms with E-state index in [2.05, 4.69) is 20.8 Å². The molecule has 1 aliphatic carbocycles. The Labute approximate surface area is 70.1 Å². The highest BCUT2D eigenvalue weighted by molar-refractivity contribution is 4.83. The van der Waals surface area contributed by atoms with Gasteiger partial charge in [0.2, 0.25) is 0 Å². The van der Waals surface area contributed by atoms with Gasteiger partial charge in [-0.05, 0) is 39.5 Å². The van der Waals surface area contributed by atoms with E-state index >= 15 is 0 Å². The quantitative estimate of drug-likeness (QED) is 0.610. The molecule has 0 radical (unpaired) electrons. The van der Waals surface area contributed by atoms with Crippen LogP contribution in [0.25, 0.3) is 0 Å². The molecule has 0 aliphatic heterocycles. The van der Waals surface area contributed by atoms with Crippen molar-refractivity contribution in [2.75, 3.05) is 6.61 Å². The van der Waals surface area contributed by atoms with Crippen molar-refractivity contribution < 1.29 is 4.74 Å². The first-order chi connectivity index (χ1) is 5.17. The monoisotopic (exact) mass is 156 g/mol. The predicted octanol–water partition coefficient (Wildman–Crippen LogP) is 2.99. The molecular formula is C10H20O. The Hall–Kier alpha value is -0.0400. The highest BCUT2D eigenvalue weighted by Gasteiger charge is 2.31. The zero-order chi connectivity index (χ0) is 8.32. The normalized spacial score (nSPS) is 21.0. The van der Waals surface area contributed by atoms with Crippen LogP contribution in [0.1, 0.15) is 46.5 Å². The third-order valence-corrected chi connectivity index (χ3v) is 2.85. The lowest BCUT2D eigenvalue weighted by molar-refractivity contribution is -0.0523. The van der Waals surface area contributed by atoms with Crippen LogP contribution in [0.3, 0.4) is 0 Å². The highest BCUT2D eigenvalue weighted by Crippen LogP contribution is 2.35. The summed E-state index contributed by atoms with van der Waals surface area (Å²) < 4.78 is 5.71. The summed E-state index contributed by atoms with van der Waals surface area (Å²) in [5, 5.41) is 0. The zero-order valence-corrected chi connectivity index (χ0v) is 8.02. The van der Waals surface area contributed by atoms with Crippen molar-refractivity contribution in [3.8, 4) is 0 Å². The summed E-state index contributed by atoms with van der Waals surface area (Å²) in [7, 11) is 0. The summed E-state index contributed by atoms with van der Waals surface area (Å²) in [4.78, 5) is 0. The van der Waals surface area contributed by atoms with Gasteiger partial charge in [0, 0.05) is 6.61 Å². The topological polar surface area (TPSA) is 9.23 Å². The molecule has 0 spiro atoms. The van der Waals surface area contributed by atoms with Crippen molar-refractivity contribution >= 4 is 0 Å². The first-order valence-corrected chi connectivity index (χ1v) is 4.81. The average Bonchev–Trinajstić information content (AvgIpc) is 2.37. The molecule has 0 bridgehead atoms. The van der Waals surface area contributed by atoms with Gasteiger partial charge in [-0.25, -0.2) is 0 Å². The summed E-state index contributed by atoms with van der Waals surface area (Å²) in [6.45, 7) is 7.39. The maximum Gasteiger partial charge on any atom is 0.0654 e. The molecule has 0 N–H and O–H groups in total. The van der Waals surface area contributed by atoms with Gasteiger partial charge in [0.15, 0.2) is 0 Å². The summed E-state index contributed by atoms with van der Waals surface area (Å²) in [6.07, 6.45) is 5.54. The minimum Gasteiger partial charge on any atom is -0.376 e. The SMILES string of the molecule is CCOC(C)(C)C1CCCC1. The third-order valence-electron chi connectivity index (χ3n) is 2.85. The van der Waals surface area contributed by atoms with Gasteiger partial charge in [-0.15, -0.1) is 0 Å². The van der Waals surface area contributed by atoms with Crippen LogP contribution in [-0.2, 0) is 4.74 Å². The number of rotatable bonds is 3. The van der Waals surface area contributed by atoms with E-state index in [9.17, 15) is 0 Å². The first kappa shape index (κ1) is 9.05. The van der Waals surface area contributed by atoms with E-state index in [1.807, 2.05) is 0 Å². The summed E-state index contributed by atoms with van der Waals surface area (Å²) in [6, 6.07) is 0. The van der Waals surface area contributed by atoms with Crippen molar-refractivity contribution in [2.45, 2.75) is 52.1 Å². The van der Waals surface area contributed by atoms with Gasteiger partial charge in [0.25, 0.3) is 0 Å². The third kappa shape index (κ3) is 2.19. The molecule has 1 heteroatoms. The second-order valence-electron chi connectivity index (χ2n) is 4.02. The van der Waals surface area contributed by atoms with Crippen LogP contribution < -0.4 is 0 Å². The van der Waals surface area contributed by atoms with Crippen LogP contribution in [0.15, 0.2) is 0 Å². The Balaban J connectivity index is 2.41. The second-order valence-corrected chi connectivity index (χ2v) is 4.02. The fraction of sp³-hybridized carbons (Fsp3) is 1.00. The maximum atomic E-state index is 5.71. The number of hydrogen-bond acceptors (Lipinski definition) is 1. The van der Waals surface area contributed by atoms with Gasteiger partial charge in [-0.1, -0.05) is 12.8 Å². The lowest BCUT2D eigenvalue weighted by Gasteiger charge is -2.31. The standard InChI is InChI=1S/C10H20O/c1-4-11-10(2,3)9-7-5-6-8-9/h9H,4-8H2,1-3H3. The van der Waals surface area contributed by atoms with E-state index in [1.54, 1.807) is 0 Å². The molecule has 66 valence electrons. The largest absolute Gasteiger partial charge is 0.376 e. The highest BCUT2D eigenvalue weighted by atomic mass is 16.5. The molecule has 0 amide bonds. The molecule has 0 aromatic rings. The van der Waals surface area contributed by atoms with Gasteiger partial charge in [0.05, 0.1) is 5.60 Å². The number of hydrogen-bond donors (Lipinski definition) is 0. The van der Waals surface area contributed by atoms with Crippen molar-refractivity contribution in [1.29, 1.82) is 0 Å². The van der Waals surface area contributed by atoms with Crippen LogP contribution >= 0.6 is 0 Å². The molecular weight excluding hydrogens is 136 g/mol. The van der Waals surface area contributed by atoms with E-state index < -0.39 is 0 Å². The minimum absolute atomic E-state index is 0.130. The van der Waals surface area contributed by atoms with E-state index in [1.165, 1.54) is 25.7 Å². The Bertz CT molecular complexity index is 112. The molecule has 0 heterocycles. The van der Waals surface area contributed by atoms with Gasteiger partial charge in [-0.2, -0.15) is 0 Å². The maximum absolute atomic E-state index is 5.71. The summed E-state index contributed by atoms with van der Waals surface area (Å²) >= 11 is 0. The fourth-order valence-corrected chi connectivity index (χ4v) is 2.11. The molecule has 0 atom stereocenters. The molecule has 1 aliphatic rings. The van der Waals surface area contributed by atoms with Gasteiger partial charge >= 0.3 is 0 Å². The van der Waals surface area contributed by atoms with Crippen molar-refractivity contribution in [3.05, 3.63) is 0 Å². The molecule has 1 saturated carbocycles. The van der Waals surface area contributed by atoms with Crippen LogP contribution in [0.5, 0.6) is 0 Å². The van der Waals surface area contributed by atoms with E-state index in [0.717, 1.165) is 12.5 Å². The van der Waals surface area contributed by atoms with Crippen LogP contribution in [-0.4, -0.2) is 12.2 Å². The second kappa shape index (κ2) is 3.57. The smallest absolute Gasteiger partial charge is 0.0654 e. The minimum atomic E-state index is 0.130. The van der Waals surface area contributed by atoms with Crippen molar-refractivity contribution in [1.82, 2.24) is 0 Å². The van der Waals surface area contributed by atoms with E-state index in [-0.39, 0.29) is 5.60 Å². The van der Waals surface area contributed by atoms with Gasteiger partial charge in [-0.3, -0.25) is 0 Å². The van der Waals surface area contributed by atoms with Gasteiger partial charge in [0.1, 0.15) is 0 Å². The van der Waals surface area contributed by atoms with Crippen LogP contribution in [0, 0.1) is 5.92 Å². The molecule has 0 aromatic heterocycles. The van der Waals surface area contributed by atoms with Crippen molar-refractivity contribution in [2.24, 2.45) is 5.92 Å². The van der Waals surface area contributed by atoms with Crippen LogP contribution in [0.2, 0.25) is 0 Å². The Kier molecular flexibility index (Phi) is 2.94. The van der Waals surface area contributed by atoms with Crippen LogP contribution in [0.4, 0.5) is 0 Å². The van der Waals surface area contributed by atoms with E-state index in [0.29, 0.717) is 0 Å². The fourth-order valence-electron chi connectivity index (χ4n) is 2.11. The lowest BCUT2D eigenvalue weighted by atomic mass is 9.89. The summed E-state index contributed by atoms with van der Waals surface area (Å²) in [5.74, 6) is 0.808. The first-order valence-electron chi connectivity index (χ1n) is 4.81. The molecule has 1 nitrogen and oxygen atoms in total. The molecule has 1 fully saturated rings. The predicted molar refractivity (Wildman–Crippen MR) is 47.7 cm³/mol. The molecule has 0 aromatic carbocycles.